The number of hydrogen-bond acceptors (Lipinski definition) is 1. The molecule has 0 aromatic rings. The van der Waals surface area contributed by atoms with Crippen molar-refractivity contribution in [2.24, 2.45) is 0 Å². The summed E-state index contributed by atoms with van der Waals surface area (Å²) < 4.78 is 6.96. The fraction of sp³-hybridized carbons (Fsp3) is 1.00. The molecule has 3 heteroatoms. The fourth-order valence-electron chi connectivity index (χ4n) is 6.57. The SMILES string of the molecule is CCCCCCCCCCCC[Si]1(CCCCCCCCCCCC)CCC(C)(C)O[Si]1(C)C. The summed E-state index contributed by atoms with van der Waals surface area (Å²) in [5.74, 6) is 0. The smallest absolute Gasteiger partial charge is 0.175 e. The summed E-state index contributed by atoms with van der Waals surface area (Å²) in [7, 11) is -2.82. The zero-order valence-corrected chi connectivity index (χ0v) is 26.9. The van der Waals surface area contributed by atoms with E-state index in [-0.39, 0.29) is 5.60 Å². The molecule has 0 bridgehead atoms. The largest absolute Gasteiger partial charge is 0.415 e. The average molecular weight is 511 g/mol. The molecule has 0 radical (unpaired) electrons. The first-order valence-corrected chi connectivity index (χ1v) is 22.5. The molecule has 0 aliphatic carbocycles. The van der Waals surface area contributed by atoms with Crippen LogP contribution in [0.15, 0.2) is 0 Å². The Morgan fingerprint density at radius 2 is 0.853 bits per heavy atom. The lowest BCUT2D eigenvalue weighted by atomic mass is 10.1. The van der Waals surface area contributed by atoms with Crippen molar-refractivity contribution >= 4 is 15.4 Å². The highest BCUT2D eigenvalue weighted by Crippen LogP contribution is 2.45. The summed E-state index contributed by atoms with van der Waals surface area (Å²) in [5, 5.41) is 0. The maximum atomic E-state index is 6.96. The second kappa shape index (κ2) is 18.6. The maximum Gasteiger partial charge on any atom is 0.175 e. The fourth-order valence-corrected chi connectivity index (χ4v) is 22.1. The summed E-state index contributed by atoms with van der Waals surface area (Å²) >= 11 is 0. The first-order valence-electron chi connectivity index (χ1n) is 16.0. The highest BCUT2D eigenvalue weighted by Gasteiger charge is 2.54. The van der Waals surface area contributed by atoms with Crippen LogP contribution in [0, 0.1) is 0 Å². The van der Waals surface area contributed by atoms with Gasteiger partial charge in [-0.15, -0.1) is 0 Å². The Morgan fingerprint density at radius 1 is 0.529 bits per heavy atom. The Hall–Kier alpha value is 0.394. The monoisotopic (exact) mass is 510 g/mol. The topological polar surface area (TPSA) is 9.23 Å². The van der Waals surface area contributed by atoms with E-state index < -0.39 is 15.4 Å². The molecule has 1 aliphatic heterocycles. The molecule has 0 amide bonds. The van der Waals surface area contributed by atoms with E-state index >= 15 is 0 Å². The van der Waals surface area contributed by atoms with Crippen LogP contribution in [0.3, 0.4) is 0 Å². The maximum absolute atomic E-state index is 6.96. The second-order valence-electron chi connectivity index (χ2n) is 13.0. The molecule has 1 heterocycles. The predicted octanol–water partition coefficient (Wildman–Crippen LogP) is 11.8. The lowest BCUT2D eigenvalue weighted by molar-refractivity contribution is 0.0927. The van der Waals surface area contributed by atoms with Gasteiger partial charge in [0.1, 0.15) is 0 Å². The summed E-state index contributed by atoms with van der Waals surface area (Å²) in [6.07, 6.45) is 30.5. The van der Waals surface area contributed by atoms with Gasteiger partial charge in [-0.2, -0.15) is 0 Å². The minimum absolute atomic E-state index is 0.141. The van der Waals surface area contributed by atoms with Gasteiger partial charge in [0.2, 0.25) is 0 Å². The lowest BCUT2D eigenvalue weighted by Crippen LogP contribution is -2.67. The molecule has 0 unspecified atom stereocenters. The van der Waals surface area contributed by atoms with Crippen molar-refractivity contribution in [2.45, 2.75) is 199 Å². The standard InChI is InChI=1S/C31H66OSi2/c1-7-9-11-13-15-17-19-21-23-25-28-34(30-27-31(3,4)32-33(34,5)6)29-26-24-22-20-18-16-14-12-10-8-2/h7-30H2,1-6H3. The van der Waals surface area contributed by atoms with Crippen LogP contribution in [0.2, 0.25) is 31.2 Å². The number of hydrogen-bond donors (Lipinski definition) is 0. The third kappa shape index (κ3) is 13.6. The average Bonchev–Trinajstić information content (AvgIpc) is 2.78. The Kier molecular flexibility index (Phi) is 17.7. The van der Waals surface area contributed by atoms with Gasteiger partial charge in [-0.3, -0.25) is 0 Å². The predicted molar refractivity (Wildman–Crippen MR) is 161 cm³/mol. The van der Waals surface area contributed by atoms with Gasteiger partial charge in [0.15, 0.2) is 7.83 Å². The van der Waals surface area contributed by atoms with Gasteiger partial charge in [0, 0.05) is 0 Å². The molecular formula is C31H66OSi2. The molecule has 0 aromatic carbocycles. The molecular weight excluding hydrogens is 445 g/mol. The van der Waals surface area contributed by atoms with Crippen molar-refractivity contribution in [3.8, 4) is 0 Å². The first kappa shape index (κ1) is 32.4. The van der Waals surface area contributed by atoms with Crippen LogP contribution in [-0.2, 0) is 4.43 Å². The molecule has 0 spiro atoms. The van der Waals surface area contributed by atoms with Crippen molar-refractivity contribution in [3.05, 3.63) is 0 Å². The molecule has 1 fully saturated rings. The lowest BCUT2D eigenvalue weighted by Gasteiger charge is -2.53. The van der Waals surface area contributed by atoms with E-state index in [2.05, 4.69) is 40.8 Å². The van der Waals surface area contributed by atoms with Crippen molar-refractivity contribution in [1.82, 2.24) is 0 Å². The summed E-state index contributed by atoms with van der Waals surface area (Å²) in [6, 6.07) is 4.72. The number of rotatable bonds is 22. The highest BCUT2D eigenvalue weighted by molar-refractivity contribution is 7.39. The molecule has 0 saturated carbocycles. The minimum Gasteiger partial charge on any atom is -0.415 e. The summed E-state index contributed by atoms with van der Waals surface area (Å²) in [6.45, 7) is 14.6. The van der Waals surface area contributed by atoms with Gasteiger partial charge in [-0.25, -0.2) is 0 Å². The molecule has 1 aliphatic rings. The van der Waals surface area contributed by atoms with Crippen LogP contribution in [0.25, 0.3) is 0 Å². The van der Waals surface area contributed by atoms with Crippen LogP contribution >= 0.6 is 0 Å². The van der Waals surface area contributed by atoms with E-state index in [1.807, 2.05) is 0 Å². The molecule has 0 atom stereocenters. The van der Waals surface area contributed by atoms with E-state index in [1.54, 1.807) is 18.1 Å². The molecule has 204 valence electrons. The van der Waals surface area contributed by atoms with Gasteiger partial charge >= 0.3 is 0 Å². The van der Waals surface area contributed by atoms with Gasteiger partial charge in [0.05, 0.1) is 13.2 Å². The minimum atomic E-state index is -1.55. The van der Waals surface area contributed by atoms with Gasteiger partial charge < -0.3 is 4.43 Å². The zero-order chi connectivity index (χ0) is 25.2. The van der Waals surface area contributed by atoms with E-state index in [0.717, 1.165) is 0 Å². The van der Waals surface area contributed by atoms with Crippen LogP contribution in [0.1, 0.15) is 163 Å². The van der Waals surface area contributed by atoms with Crippen molar-refractivity contribution in [1.29, 1.82) is 0 Å². The van der Waals surface area contributed by atoms with Gasteiger partial charge in [0.25, 0.3) is 0 Å². The van der Waals surface area contributed by atoms with E-state index in [9.17, 15) is 0 Å². The highest BCUT2D eigenvalue weighted by atomic mass is 29.3. The molecule has 1 saturated heterocycles. The molecule has 34 heavy (non-hydrogen) atoms. The second-order valence-corrected chi connectivity index (χ2v) is 27.1. The quantitative estimate of drug-likeness (QED) is 0.104. The van der Waals surface area contributed by atoms with Crippen molar-refractivity contribution < 1.29 is 4.43 Å². The van der Waals surface area contributed by atoms with E-state index in [1.165, 1.54) is 135 Å². The third-order valence-corrected chi connectivity index (χ3v) is 26.7. The summed E-state index contributed by atoms with van der Waals surface area (Å²) in [5.41, 5.74) is 0.141. The number of unbranched alkanes of at least 4 members (excludes halogenated alkanes) is 18. The van der Waals surface area contributed by atoms with E-state index in [0.29, 0.717) is 0 Å². The molecule has 0 aromatic heterocycles. The van der Waals surface area contributed by atoms with Crippen LogP contribution in [-0.4, -0.2) is 21.0 Å². The molecule has 1 nitrogen and oxygen atoms in total. The normalized spacial score (nSPS) is 18.9. The summed E-state index contributed by atoms with van der Waals surface area (Å²) in [4.78, 5) is 0. The van der Waals surface area contributed by atoms with Crippen LogP contribution < -0.4 is 0 Å². The molecule has 0 N–H and O–H groups in total. The molecule has 1 rings (SSSR count). The van der Waals surface area contributed by atoms with Crippen LogP contribution in [0.5, 0.6) is 0 Å². The third-order valence-electron chi connectivity index (χ3n) is 9.03. The Labute approximate surface area is 218 Å². The van der Waals surface area contributed by atoms with E-state index in [4.69, 9.17) is 4.43 Å². The Morgan fingerprint density at radius 3 is 1.18 bits per heavy atom. The Bertz CT molecular complexity index is 450. The van der Waals surface area contributed by atoms with Crippen molar-refractivity contribution in [2.75, 3.05) is 0 Å². The Balaban J connectivity index is 2.34. The van der Waals surface area contributed by atoms with Gasteiger partial charge in [-0.1, -0.05) is 160 Å². The zero-order valence-electron chi connectivity index (χ0n) is 24.9. The first-order chi connectivity index (χ1) is 16.3. The van der Waals surface area contributed by atoms with Crippen LogP contribution in [0.4, 0.5) is 0 Å². The van der Waals surface area contributed by atoms with Crippen molar-refractivity contribution in [3.63, 3.8) is 0 Å². The van der Waals surface area contributed by atoms with Gasteiger partial charge in [-0.05, 0) is 33.4 Å².